The zero-order valence-electron chi connectivity index (χ0n) is 17.2. The first-order valence-electron chi connectivity index (χ1n) is 9.96. The molecular weight excluding hydrogens is 459 g/mol. The van der Waals surface area contributed by atoms with E-state index in [2.05, 4.69) is 15.5 Å². The molecule has 1 amide bonds. The summed E-state index contributed by atoms with van der Waals surface area (Å²) in [5.41, 5.74) is -1.15. The Labute approximate surface area is 180 Å². The monoisotopic (exact) mass is 496 g/mol. The molecule has 1 aliphatic heterocycles. The molecule has 1 saturated carbocycles. The van der Waals surface area contributed by atoms with Crippen molar-refractivity contribution in [2.75, 3.05) is 26.2 Å². The lowest BCUT2D eigenvalue weighted by Crippen LogP contribution is -2.45. The number of alkyl carbamates (subject to hydrolysis) is 1. The minimum absolute atomic E-state index is 0. The molecule has 7 nitrogen and oxygen atoms in total. The molecule has 1 unspecified atom stereocenters. The van der Waals surface area contributed by atoms with Crippen molar-refractivity contribution < 1.29 is 14.6 Å². The predicted molar refractivity (Wildman–Crippen MR) is 119 cm³/mol. The molecule has 158 valence electrons. The minimum Gasteiger partial charge on any atom is -0.444 e. The molecule has 0 spiro atoms. The number of likely N-dealkylation sites (tertiary alicyclic amines) is 1. The first-order chi connectivity index (χ1) is 12.2. The van der Waals surface area contributed by atoms with Gasteiger partial charge in [-0.3, -0.25) is 4.99 Å². The summed E-state index contributed by atoms with van der Waals surface area (Å²) in [4.78, 5) is 18.8. The van der Waals surface area contributed by atoms with Gasteiger partial charge >= 0.3 is 6.09 Å². The van der Waals surface area contributed by atoms with E-state index in [9.17, 15) is 9.90 Å². The van der Waals surface area contributed by atoms with Crippen LogP contribution in [0.3, 0.4) is 0 Å². The quantitative estimate of drug-likeness (QED) is 0.317. The highest BCUT2D eigenvalue weighted by molar-refractivity contribution is 14.0. The third-order valence-electron chi connectivity index (χ3n) is 4.85. The van der Waals surface area contributed by atoms with Gasteiger partial charge in [0.2, 0.25) is 0 Å². The Hall–Kier alpha value is -0.770. The highest BCUT2D eigenvalue weighted by Gasteiger charge is 2.31. The van der Waals surface area contributed by atoms with Gasteiger partial charge in [0.25, 0.3) is 0 Å². The standard InChI is InChI=1S/C19H36N4O3.HI/c1-5-20-16(21-14-19(25)10-7-6-8-11-19)23-12-9-15(13-23)22-17(24)26-18(2,3)4;/h15,25H,5-14H2,1-4H3,(H,20,21)(H,22,24);1H. The highest BCUT2D eigenvalue weighted by Crippen LogP contribution is 2.28. The number of carbonyl (C=O) groups is 1. The third kappa shape index (κ3) is 8.41. The zero-order valence-corrected chi connectivity index (χ0v) is 19.5. The number of rotatable bonds is 4. The Kier molecular flexibility index (Phi) is 9.61. The lowest BCUT2D eigenvalue weighted by atomic mass is 9.85. The van der Waals surface area contributed by atoms with Crippen LogP contribution in [0.15, 0.2) is 4.99 Å². The van der Waals surface area contributed by atoms with Gasteiger partial charge in [0.1, 0.15) is 5.60 Å². The highest BCUT2D eigenvalue weighted by atomic mass is 127. The number of ether oxygens (including phenoxy) is 1. The second-order valence-electron chi connectivity index (χ2n) is 8.53. The van der Waals surface area contributed by atoms with Gasteiger partial charge in [-0.25, -0.2) is 4.79 Å². The maximum absolute atomic E-state index is 12.0. The van der Waals surface area contributed by atoms with Gasteiger partial charge in [0, 0.05) is 19.6 Å². The van der Waals surface area contributed by atoms with Gasteiger partial charge in [0.15, 0.2) is 5.96 Å². The number of aliphatic imine (C=N–C) groups is 1. The second kappa shape index (κ2) is 10.7. The molecule has 2 fully saturated rings. The Morgan fingerprint density at radius 3 is 2.56 bits per heavy atom. The van der Waals surface area contributed by atoms with E-state index < -0.39 is 11.2 Å². The first kappa shape index (κ1) is 24.3. The van der Waals surface area contributed by atoms with Crippen molar-refractivity contribution >= 4 is 36.0 Å². The number of nitrogens with one attached hydrogen (secondary N) is 2. The number of halogens is 1. The fourth-order valence-corrected chi connectivity index (χ4v) is 3.56. The van der Waals surface area contributed by atoms with Crippen molar-refractivity contribution in [2.45, 2.75) is 83.5 Å². The van der Waals surface area contributed by atoms with E-state index in [0.717, 1.165) is 51.2 Å². The van der Waals surface area contributed by atoms with Gasteiger partial charge < -0.3 is 25.4 Å². The Balaban J connectivity index is 0.00000364. The molecule has 27 heavy (non-hydrogen) atoms. The number of aliphatic hydroxyl groups is 1. The largest absolute Gasteiger partial charge is 0.444 e. The van der Waals surface area contributed by atoms with Crippen LogP contribution >= 0.6 is 24.0 Å². The van der Waals surface area contributed by atoms with Crippen LogP contribution in [0.4, 0.5) is 4.79 Å². The average molecular weight is 496 g/mol. The van der Waals surface area contributed by atoms with Crippen LogP contribution in [0.2, 0.25) is 0 Å². The molecule has 0 aromatic carbocycles. The normalized spacial score (nSPS) is 22.8. The van der Waals surface area contributed by atoms with E-state index in [-0.39, 0.29) is 36.1 Å². The Morgan fingerprint density at radius 1 is 1.30 bits per heavy atom. The molecule has 1 heterocycles. The summed E-state index contributed by atoms with van der Waals surface area (Å²) in [5, 5.41) is 16.9. The molecule has 8 heteroatoms. The fraction of sp³-hybridized carbons (Fsp3) is 0.895. The molecule has 1 saturated heterocycles. The molecule has 0 bridgehead atoms. The summed E-state index contributed by atoms with van der Waals surface area (Å²) in [6.07, 6.45) is 5.51. The van der Waals surface area contributed by atoms with Gasteiger partial charge in [0.05, 0.1) is 18.2 Å². The lowest BCUT2D eigenvalue weighted by Gasteiger charge is -2.31. The maximum atomic E-state index is 12.0. The van der Waals surface area contributed by atoms with Crippen molar-refractivity contribution in [1.82, 2.24) is 15.5 Å². The summed E-state index contributed by atoms with van der Waals surface area (Å²) < 4.78 is 5.34. The van der Waals surface area contributed by atoms with Crippen molar-refractivity contribution in [3.8, 4) is 0 Å². The van der Waals surface area contributed by atoms with E-state index >= 15 is 0 Å². The van der Waals surface area contributed by atoms with Crippen molar-refractivity contribution in [1.29, 1.82) is 0 Å². The lowest BCUT2D eigenvalue weighted by molar-refractivity contribution is 0.0130. The molecule has 1 aliphatic carbocycles. The summed E-state index contributed by atoms with van der Waals surface area (Å²) in [7, 11) is 0. The number of carbonyl (C=O) groups excluding carboxylic acids is 1. The molecule has 3 N–H and O–H groups in total. The number of guanidine groups is 1. The fourth-order valence-electron chi connectivity index (χ4n) is 3.56. The summed E-state index contributed by atoms with van der Waals surface area (Å²) in [6, 6.07) is 0.0477. The van der Waals surface area contributed by atoms with Crippen molar-refractivity contribution in [3.63, 3.8) is 0 Å². The molecular formula is C19H37IN4O3. The topological polar surface area (TPSA) is 86.2 Å². The molecule has 2 aliphatic rings. The molecule has 1 atom stereocenters. The van der Waals surface area contributed by atoms with E-state index in [0.29, 0.717) is 13.1 Å². The molecule has 0 radical (unpaired) electrons. The summed E-state index contributed by atoms with van der Waals surface area (Å²) in [6.45, 7) is 10.4. The van der Waals surface area contributed by atoms with Crippen LogP contribution in [0.1, 0.15) is 66.2 Å². The third-order valence-corrected chi connectivity index (χ3v) is 4.85. The average Bonchev–Trinajstić information content (AvgIpc) is 2.98. The molecule has 0 aromatic heterocycles. The van der Waals surface area contributed by atoms with Gasteiger partial charge in [-0.05, 0) is 47.0 Å². The zero-order chi connectivity index (χ0) is 19.2. The number of nitrogens with zero attached hydrogens (tertiary/aromatic N) is 2. The Morgan fingerprint density at radius 2 is 1.96 bits per heavy atom. The van der Waals surface area contributed by atoms with Gasteiger partial charge in [-0.2, -0.15) is 0 Å². The van der Waals surface area contributed by atoms with E-state index in [4.69, 9.17) is 9.73 Å². The molecule has 0 aromatic rings. The minimum atomic E-state index is -0.660. The van der Waals surface area contributed by atoms with E-state index in [1.165, 1.54) is 6.42 Å². The van der Waals surface area contributed by atoms with Crippen LogP contribution < -0.4 is 10.6 Å². The number of hydrogen-bond donors (Lipinski definition) is 3. The smallest absolute Gasteiger partial charge is 0.407 e. The summed E-state index contributed by atoms with van der Waals surface area (Å²) >= 11 is 0. The predicted octanol–water partition coefficient (Wildman–Crippen LogP) is 2.86. The van der Waals surface area contributed by atoms with E-state index in [1.54, 1.807) is 0 Å². The summed E-state index contributed by atoms with van der Waals surface area (Å²) in [5.74, 6) is 0.819. The number of hydrogen-bond acceptors (Lipinski definition) is 4. The van der Waals surface area contributed by atoms with Crippen molar-refractivity contribution in [3.05, 3.63) is 0 Å². The Bertz CT molecular complexity index is 502. The second-order valence-corrected chi connectivity index (χ2v) is 8.53. The first-order valence-corrected chi connectivity index (χ1v) is 9.96. The van der Waals surface area contributed by atoms with Crippen LogP contribution in [0.25, 0.3) is 0 Å². The van der Waals surface area contributed by atoms with Crippen LogP contribution in [0, 0.1) is 0 Å². The number of amides is 1. The van der Waals surface area contributed by atoms with Gasteiger partial charge in [-0.15, -0.1) is 24.0 Å². The van der Waals surface area contributed by atoms with Crippen LogP contribution in [0.5, 0.6) is 0 Å². The SMILES string of the molecule is CCNC(=NCC1(O)CCCCC1)N1CCC(NC(=O)OC(C)(C)C)C1.I. The van der Waals surface area contributed by atoms with Gasteiger partial charge in [-0.1, -0.05) is 19.3 Å². The molecule has 2 rings (SSSR count). The van der Waals surface area contributed by atoms with Crippen molar-refractivity contribution in [2.24, 2.45) is 4.99 Å². The maximum Gasteiger partial charge on any atom is 0.407 e. The van der Waals surface area contributed by atoms with Crippen LogP contribution in [-0.4, -0.2) is 65.5 Å². The van der Waals surface area contributed by atoms with E-state index in [1.807, 2.05) is 27.7 Å². The van der Waals surface area contributed by atoms with Crippen LogP contribution in [-0.2, 0) is 4.74 Å².